The summed E-state index contributed by atoms with van der Waals surface area (Å²) < 4.78 is 12.5. The van der Waals surface area contributed by atoms with Gasteiger partial charge in [-0.3, -0.25) is 15.1 Å². The SMILES string of the molecule is CNC(=O)NC1CNCc2cc(-c3cccc(-c4cccc(COc5cc(OCc6cncc(C#N)c6)c(CNC(C)(CO)C(=O)O)cc5Cl)c4C)c3C)ccc21. The molecule has 0 spiro atoms. The van der Waals surface area contributed by atoms with E-state index in [1.54, 1.807) is 31.4 Å². The number of nitrogens with zero attached hydrogens (tertiary/aromatic N) is 2. The third-order valence-electron chi connectivity index (χ3n) is 10.4. The fourth-order valence-corrected chi connectivity index (χ4v) is 7.09. The predicted molar refractivity (Wildman–Crippen MR) is 218 cm³/mol. The first-order valence-electron chi connectivity index (χ1n) is 18.5. The van der Waals surface area contributed by atoms with Gasteiger partial charge in [0.15, 0.2) is 0 Å². The lowest BCUT2D eigenvalue weighted by Crippen LogP contribution is -2.52. The summed E-state index contributed by atoms with van der Waals surface area (Å²) in [4.78, 5) is 28.0. The van der Waals surface area contributed by atoms with E-state index in [4.69, 9.17) is 21.1 Å². The number of rotatable bonds is 14. The maximum Gasteiger partial charge on any atom is 0.326 e. The van der Waals surface area contributed by atoms with Gasteiger partial charge in [0.2, 0.25) is 0 Å². The van der Waals surface area contributed by atoms with E-state index in [1.165, 1.54) is 13.1 Å². The van der Waals surface area contributed by atoms with Gasteiger partial charge in [0.05, 0.1) is 23.2 Å². The summed E-state index contributed by atoms with van der Waals surface area (Å²) in [6, 6.07) is 25.6. The number of carbonyl (C=O) groups excluding carboxylic acids is 1. The van der Waals surface area contributed by atoms with E-state index in [0.717, 1.165) is 50.1 Å². The summed E-state index contributed by atoms with van der Waals surface area (Å²) in [5.41, 5.74) is 9.75. The van der Waals surface area contributed by atoms with Crippen LogP contribution in [0, 0.1) is 25.2 Å². The fraction of sp³-hybridized carbons (Fsp3) is 0.273. The van der Waals surface area contributed by atoms with Crippen LogP contribution in [0.3, 0.4) is 0 Å². The van der Waals surface area contributed by atoms with Crippen molar-refractivity contribution in [2.75, 3.05) is 20.2 Å². The molecule has 1 aliphatic heterocycles. The number of urea groups is 1. The Hall–Kier alpha value is -5.97. The Kier molecular flexibility index (Phi) is 12.8. The van der Waals surface area contributed by atoms with E-state index in [-0.39, 0.29) is 31.8 Å². The van der Waals surface area contributed by atoms with Crippen LogP contribution in [0.15, 0.2) is 85.2 Å². The smallest absolute Gasteiger partial charge is 0.326 e. The number of hydrogen-bond donors (Lipinski definition) is 6. The van der Waals surface area contributed by atoms with Gasteiger partial charge < -0.3 is 35.6 Å². The molecule has 12 nitrogen and oxygen atoms in total. The Morgan fingerprint density at radius 2 is 1.70 bits per heavy atom. The van der Waals surface area contributed by atoms with Crippen molar-refractivity contribution in [2.24, 2.45) is 0 Å². The number of pyridine rings is 1. The molecule has 1 aromatic heterocycles. The van der Waals surface area contributed by atoms with Gasteiger partial charge in [-0.1, -0.05) is 60.1 Å². The molecule has 4 aromatic carbocycles. The van der Waals surface area contributed by atoms with Crippen LogP contribution in [0.1, 0.15) is 57.5 Å². The third-order valence-corrected chi connectivity index (χ3v) is 10.7. The van der Waals surface area contributed by atoms with E-state index in [0.29, 0.717) is 46.3 Å². The molecule has 6 rings (SSSR count). The van der Waals surface area contributed by atoms with Crippen molar-refractivity contribution >= 4 is 23.6 Å². The van der Waals surface area contributed by atoms with E-state index in [1.807, 2.05) is 12.1 Å². The first kappa shape index (κ1) is 40.7. The van der Waals surface area contributed by atoms with Crippen LogP contribution in [-0.4, -0.2) is 52.9 Å². The van der Waals surface area contributed by atoms with Crippen LogP contribution in [0.25, 0.3) is 22.3 Å². The highest BCUT2D eigenvalue weighted by molar-refractivity contribution is 6.32. The number of carboxylic acids is 1. The Morgan fingerprint density at radius 3 is 2.44 bits per heavy atom. The zero-order valence-electron chi connectivity index (χ0n) is 32.2. The summed E-state index contributed by atoms with van der Waals surface area (Å²) >= 11 is 6.77. The summed E-state index contributed by atoms with van der Waals surface area (Å²) in [7, 11) is 1.61. The number of nitrogens with one attached hydrogen (secondary N) is 4. The molecule has 2 unspecified atom stereocenters. The number of aliphatic carboxylic acids is 1. The second-order valence-electron chi connectivity index (χ2n) is 14.2. The normalized spacial score (nSPS) is 14.4. The zero-order valence-corrected chi connectivity index (χ0v) is 33.0. The van der Waals surface area contributed by atoms with Crippen LogP contribution in [0.4, 0.5) is 4.79 Å². The molecule has 0 saturated heterocycles. The molecule has 1 aliphatic rings. The molecule has 0 bridgehead atoms. The van der Waals surface area contributed by atoms with Crippen LogP contribution in [-0.2, 0) is 31.1 Å². The monoisotopic (exact) mass is 788 g/mol. The maximum absolute atomic E-state index is 12.1. The number of amides is 2. The lowest BCUT2D eigenvalue weighted by atomic mass is 9.87. The van der Waals surface area contributed by atoms with Gasteiger partial charge in [-0.2, -0.15) is 5.26 Å². The van der Waals surface area contributed by atoms with Crippen LogP contribution >= 0.6 is 11.6 Å². The molecular formula is C44H45ClN6O6. The van der Waals surface area contributed by atoms with Crippen LogP contribution in [0.5, 0.6) is 11.5 Å². The average Bonchev–Trinajstić information content (AvgIpc) is 3.22. The number of fused-ring (bicyclic) bond motifs is 1. The van der Waals surface area contributed by atoms with Crippen molar-refractivity contribution in [2.45, 2.75) is 58.7 Å². The Morgan fingerprint density at radius 1 is 0.965 bits per heavy atom. The number of halogens is 1. The molecule has 0 fully saturated rings. The standard InChI is InChI=1S/C44H45ClN6O6/c1-26-31(7-5-9-35(26)36-10-6-8-34(27(36)2)30-11-12-37-32(14-30)20-49-22-39(37)51-43(55)47-4)24-57-41-16-40(56-23-29-13-28(17-46)18-48-19-29)33(15-38(41)45)21-50-44(3,25-52)42(53)54/h5-16,18-19,39,49-50,52H,20-25H2,1-4H3,(H,53,54)(H2,47,51,55). The Labute approximate surface area is 336 Å². The van der Waals surface area contributed by atoms with Crippen molar-refractivity contribution in [3.8, 4) is 39.8 Å². The minimum atomic E-state index is -1.60. The molecule has 5 aromatic rings. The van der Waals surface area contributed by atoms with Gasteiger partial charge in [0, 0.05) is 56.3 Å². The molecule has 13 heteroatoms. The Bertz CT molecular complexity index is 2350. The summed E-state index contributed by atoms with van der Waals surface area (Å²) in [5.74, 6) is -0.468. The number of aromatic nitrogens is 1. The number of benzene rings is 4. The summed E-state index contributed by atoms with van der Waals surface area (Å²) in [5, 5.41) is 41.0. The molecule has 0 aliphatic carbocycles. The summed E-state index contributed by atoms with van der Waals surface area (Å²) in [6.45, 7) is 6.63. The van der Waals surface area contributed by atoms with Gasteiger partial charge in [-0.05, 0) is 89.0 Å². The molecule has 2 amide bonds. The number of carboxylic acid groups (broad SMARTS) is 1. The lowest BCUT2D eigenvalue weighted by Gasteiger charge is -2.28. The highest BCUT2D eigenvalue weighted by atomic mass is 35.5. The molecule has 0 saturated carbocycles. The van der Waals surface area contributed by atoms with Gasteiger partial charge in [-0.25, -0.2) is 4.79 Å². The topological polar surface area (TPSA) is 178 Å². The number of nitriles is 1. The van der Waals surface area contributed by atoms with Crippen LogP contribution < -0.4 is 30.7 Å². The Balaban J connectivity index is 1.25. The molecule has 57 heavy (non-hydrogen) atoms. The molecule has 2 heterocycles. The minimum absolute atomic E-state index is 0.0203. The number of aliphatic hydroxyl groups is 1. The first-order valence-corrected chi connectivity index (χ1v) is 18.8. The zero-order chi connectivity index (χ0) is 40.7. The second-order valence-corrected chi connectivity index (χ2v) is 14.6. The highest BCUT2D eigenvalue weighted by Crippen LogP contribution is 2.38. The molecule has 294 valence electrons. The number of carbonyl (C=O) groups is 2. The highest BCUT2D eigenvalue weighted by Gasteiger charge is 2.32. The van der Waals surface area contributed by atoms with E-state index in [9.17, 15) is 25.1 Å². The van der Waals surface area contributed by atoms with E-state index >= 15 is 0 Å². The molecular weight excluding hydrogens is 744 g/mol. The van der Waals surface area contributed by atoms with Crippen LogP contribution in [0.2, 0.25) is 5.02 Å². The van der Waals surface area contributed by atoms with Crippen molar-refractivity contribution < 1.29 is 29.3 Å². The van der Waals surface area contributed by atoms with Gasteiger partial charge in [0.25, 0.3) is 0 Å². The molecule has 0 radical (unpaired) electrons. The summed E-state index contributed by atoms with van der Waals surface area (Å²) in [6.07, 6.45) is 3.06. The number of aliphatic hydroxyl groups excluding tert-OH is 1. The third kappa shape index (κ3) is 9.20. The minimum Gasteiger partial charge on any atom is -0.488 e. The van der Waals surface area contributed by atoms with Gasteiger partial charge >= 0.3 is 12.0 Å². The van der Waals surface area contributed by atoms with E-state index < -0.39 is 18.1 Å². The van der Waals surface area contributed by atoms with Gasteiger partial charge in [-0.15, -0.1) is 0 Å². The lowest BCUT2D eigenvalue weighted by molar-refractivity contribution is -0.145. The number of hydrogen-bond acceptors (Lipinski definition) is 9. The van der Waals surface area contributed by atoms with E-state index in [2.05, 4.69) is 88.6 Å². The molecule has 2 atom stereocenters. The fourth-order valence-electron chi connectivity index (χ4n) is 6.85. The second kappa shape index (κ2) is 17.9. The van der Waals surface area contributed by atoms with Crippen molar-refractivity contribution in [1.82, 2.24) is 26.3 Å². The quantitative estimate of drug-likeness (QED) is 0.0709. The first-order chi connectivity index (χ1) is 27.4. The number of ether oxygens (including phenoxy) is 2. The predicted octanol–water partition coefficient (Wildman–Crippen LogP) is 6.71. The maximum atomic E-state index is 12.1. The molecule has 6 N–H and O–H groups in total. The van der Waals surface area contributed by atoms with Gasteiger partial charge in [0.1, 0.15) is 36.3 Å². The average molecular weight is 789 g/mol. The van der Waals surface area contributed by atoms with Crippen molar-refractivity contribution in [3.63, 3.8) is 0 Å². The largest absolute Gasteiger partial charge is 0.488 e. The van der Waals surface area contributed by atoms with Crippen molar-refractivity contribution in [1.29, 1.82) is 5.26 Å². The van der Waals surface area contributed by atoms with Crippen molar-refractivity contribution in [3.05, 3.63) is 135 Å².